The number of primary amides is 1. The summed E-state index contributed by atoms with van der Waals surface area (Å²) in [5.41, 5.74) is 8.00. The third-order valence-corrected chi connectivity index (χ3v) is 6.79. The molecule has 0 spiro atoms. The van der Waals surface area contributed by atoms with E-state index in [9.17, 15) is 9.90 Å². The zero-order valence-electron chi connectivity index (χ0n) is 15.7. The smallest absolute Gasteiger partial charge is 0.252 e. The van der Waals surface area contributed by atoms with Crippen molar-refractivity contribution in [1.29, 1.82) is 0 Å². The van der Waals surface area contributed by atoms with Gasteiger partial charge in [-0.15, -0.1) is 0 Å². The van der Waals surface area contributed by atoms with Crippen LogP contribution in [0, 0.1) is 17.8 Å². The van der Waals surface area contributed by atoms with Gasteiger partial charge in [0.15, 0.2) is 0 Å². The van der Waals surface area contributed by atoms with Crippen LogP contribution in [0.4, 0.5) is 5.69 Å². The van der Waals surface area contributed by atoms with E-state index in [2.05, 4.69) is 20.3 Å². The van der Waals surface area contributed by atoms with E-state index in [-0.39, 0.29) is 6.04 Å². The summed E-state index contributed by atoms with van der Waals surface area (Å²) >= 11 is 0. The van der Waals surface area contributed by atoms with Crippen LogP contribution >= 0.6 is 0 Å². The van der Waals surface area contributed by atoms with Crippen molar-refractivity contribution in [2.75, 3.05) is 5.32 Å². The van der Waals surface area contributed by atoms with E-state index in [1.807, 2.05) is 12.1 Å². The molecule has 1 amide bonds. The fourth-order valence-electron chi connectivity index (χ4n) is 5.92. The van der Waals surface area contributed by atoms with Gasteiger partial charge >= 0.3 is 0 Å². The highest BCUT2D eigenvalue weighted by molar-refractivity contribution is 5.98. The molecule has 5 atom stereocenters. The number of aliphatic hydroxyl groups is 1. The highest BCUT2D eigenvalue weighted by Gasteiger charge is 2.54. The van der Waals surface area contributed by atoms with Crippen LogP contribution in [0.2, 0.25) is 0 Å². The van der Waals surface area contributed by atoms with Crippen LogP contribution in [0.3, 0.4) is 0 Å². The second kappa shape index (κ2) is 6.51. The summed E-state index contributed by atoms with van der Waals surface area (Å²) in [4.78, 5) is 24.6. The normalized spacial score (nSPS) is 33.0. The Morgan fingerprint density at radius 1 is 1.21 bits per heavy atom. The lowest BCUT2D eigenvalue weighted by molar-refractivity contribution is -0.129. The Bertz CT molecular complexity index is 887. The molecule has 2 heterocycles. The van der Waals surface area contributed by atoms with E-state index in [1.54, 1.807) is 12.4 Å². The quantitative estimate of drug-likeness (QED) is 0.731. The first-order valence-corrected chi connectivity index (χ1v) is 10.0. The van der Waals surface area contributed by atoms with Gasteiger partial charge in [-0.2, -0.15) is 0 Å². The predicted octanol–water partition coefficient (Wildman–Crippen LogP) is 1.91. The van der Waals surface area contributed by atoms with Crippen molar-refractivity contribution in [3.63, 3.8) is 0 Å². The molecule has 0 aromatic carbocycles. The van der Waals surface area contributed by atoms with Gasteiger partial charge in [-0.1, -0.05) is 0 Å². The molecule has 4 fully saturated rings. The number of hydrogen-bond acceptors (Lipinski definition) is 6. The van der Waals surface area contributed by atoms with Crippen molar-refractivity contribution in [3.8, 4) is 0 Å². The molecule has 6 rings (SSSR count). The van der Waals surface area contributed by atoms with Crippen molar-refractivity contribution in [2.45, 2.75) is 50.2 Å². The summed E-state index contributed by atoms with van der Waals surface area (Å²) in [5, 5.41) is 14.4. The van der Waals surface area contributed by atoms with E-state index in [0.717, 1.165) is 49.2 Å². The molecule has 2 aromatic heterocycles. The molecular weight excluding hydrogens is 354 g/mol. The molecule has 28 heavy (non-hydrogen) atoms. The Kier molecular flexibility index (Phi) is 4.08. The fourth-order valence-corrected chi connectivity index (χ4v) is 5.92. The first-order valence-electron chi connectivity index (χ1n) is 10.0. The summed E-state index contributed by atoms with van der Waals surface area (Å²) in [5.74, 6) is 1.04. The Morgan fingerprint density at radius 2 is 2.00 bits per heavy atom. The minimum atomic E-state index is -0.481. The van der Waals surface area contributed by atoms with Gasteiger partial charge in [-0.05, 0) is 62.0 Å². The molecule has 146 valence electrons. The average molecular weight is 379 g/mol. The van der Waals surface area contributed by atoms with Crippen molar-refractivity contribution < 1.29 is 9.90 Å². The molecule has 4 saturated carbocycles. The first-order chi connectivity index (χ1) is 13.5. The standard InChI is InChI=1S/C21H25N5O2/c22-20(27)17-10-24-16(5-15-1-2-23-11-25-15)6-18(17)26-19-13-3-12-4-14(19)9-21(28,7-12)8-13/h1-2,6,10-14,19,28H,3-5,7-9H2,(H2,22,27)(H,24,26)/t12?,13-,14+,19?,21?. The van der Waals surface area contributed by atoms with Crippen molar-refractivity contribution in [3.05, 3.63) is 47.8 Å². The van der Waals surface area contributed by atoms with Crippen molar-refractivity contribution in [2.24, 2.45) is 23.5 Å². The van der Waals surface area contributed by atoms with Gasteiger partial charge in [-0.3, -0.25) is 9.78 Å². The monoisotopic (exact) mass is 379 g/mol. The number of amides is 1. The molecular formula is C21H25N5O2. The summed E-state index contributed by atoms with van der Waals surface area (Å²) in [6, 6.07) is 4.04. The van der Waals surface area contributed by atoms with E-state index < -0.39 is 11.5 Å². The molecule has 0 saturated heterocycles. The van der Waals surface area contributed by atoms with Crippen LogP contribution in [0.5, 0.6) is 0 Å². The van der Waals surface area contributed by atoms with Gasteiger partial charge in [0.25, 0.3) is 5.91 Å². The summed E-state index contributed by atoms with van der Waals surface area (Å²) in [7, 11) is 0. The first kappa shape index (κ1) is 17.6. The third kappa shape index (κ3) is 3.13. The Labute approximate surface area is 163 Å². The predicted molar refractivity (Wildman–Crippen MR) is 104 cm³/mol. The Morgan fingerprint density at radius 3 is 2.64 bits per heavy atom. The van der Waals surface area contributed by atoms with Gasteiger partial charge < -0.3 is 16.2 Å². The fraction of sp³-hybridized carbons (Fsp3) is 0.524. The van der Waals surface area contributed by atoms with Crippen LogP contribution in [-0.4, -0.2) is 37.6 Å². The van der Waals surface area contributed by atoms with Gasteiger partial charge in [0.2, 0.25) is 0 Å². The number of carbonyl (C=O) groups excluding carboxylic acids is 1. The maximum Gasteiger partial charge on any atom is 0.252 e. The maximum atomic E-state index is 12.0. The molecule has 4 aliphatic rings. The van der Waals surface area contributed by atoms with Crippen molar-refractivity contribution in [1.82, 2.24) is 15.0 Å². The molecule has 7 heteroatoms. The lowest BCUT2D eigenvalue weighted by Crippen LogP contribution is -2.59. The van der Waals surface area contributed by atoms with Crippen molar-refractivity contribution >= 4 is 11.6 Å². The molecule has 4 aliphatic carbocycles. The minimum Gasteiger partial charge on any atom is -0.390 e. The molecule has 0 aliphatic heterocycles. The highest BCUT2D eigenvalue weighted by Crippen LogP contribution is 2.56. The molecule has 3 unspecified atom stereocenters. The number of nitrogens with one attached hydrogen (secondary N) is 1. The largest absolute Gasteiger partial charge is 0.390 e. The molecule has 0 radical (unpaired) electrons. The second-order valence-corrected chi connectivity index (χ2v) is 8.83. The second-order valence-electron chi connectivity index (χ2n) is 8.83. The van der Waals surface area contributed by atoms with Gasteiger partial charge in [0.05, 0.1) is 16.9 Å². The van der Waals surface area contributed by atoms with E-state index >= 15 is 0 Å². The average Bonchev–Trinajstić information content (AvgIpc) is 2.64. The highest BCUT2D eigenvalue weighted by atomic mass is 16.3. The van der Waals surface area contributed by atoms with E-state index in [1.165, 1.54) is 6.33 Å². The number of anilines is 1. The SMILES string of the molecule is NC(=O)c1cnc(Cc2ccncn2)cc1NC1[C@@H]2CC3C[C@H]1CC(O)(C3)C2. The lowest BCUT2D eigenvalue weighted by Gasteiger charge is -2.58. The number of nitrogens with zero attached hydrogens (tertiary/aromatic N) is 3. The summed E-state index contributed by atoms with van der Waals surface area (Å²) in [6.45, 7) is 0. The Balaban J connectivity index is 1.42. The van der Waals surface area contributed by atoms with Crippen LogP contribution in [0.1, 0.15) is 53.8 Å². The number of nitrogens with two attached hydrogens (primary N) is 1. The van der Waals surface area contributed by atoms with Gasteiger partial charge in [0.1, 0.15) is 6.33 Å². The lowest BCUT2D eigenvalue weighted by atomic mass is 9.52. The Hall–Kier alpha value is -2.54. The maximum absolute atomic E-state index is 12.0. The number of pyridine rings is 1. The molecule has 4 N–H and O–H groups in total. The number of rotatable bonds is 5. The zero-order chi connectivity index (χ0) is 19.3. The number of carbonyl (C=O) groups is 1. The van der Waals surface area contributed by atoms with E-state index in [4.69, 9.17) is 5.73 Å². The van der Waals surface area contributed by atoms with Crippen LogP contribution in [0.15, 0.2) is 30.9 Å². The topological polar surface area (TPSA) is 114 Å². The number of aromatic nitrogens is 3. The number of hydrogen-bond donors (Lipinski definition) is 3. The van der Waals surface area contributed by atoms with Crippen LogP contribution in [0.25, 0.3) is 0 Å². The van der Waals surface area contributed by atoms with Gasteiger partial charge in [0, 0.05) is 36.2 Å². The van der Waals surface area contributed by atoms with Gasteiger partial charge in [-0.25, -0.2) is 9.97 Å². The molecule has 7 nitrogen and oxygen atoms in total. The minimum absolute atomic E-state index is 0.268. The van der Waals surface area contributed by atoms with E-state index in [0.29, 0.717) is 29.7 Å². The summed E-state index contributed by atoms with van der Waals surface area (Å²) < 4.78 is 0. The third-order valence-electron chi connectivity index (χ3n) is 6.79. The van der Waals surface area contributed by atoms with Crippen LogP contribution < -0.4 is 11.1 Å². The molecule has 4 bridgehead atoms. The summed E-state index contributed by atoms with van der Waals surface area (Å²) in [6.07, 6.45) is 10.3. The zero-order valence-corrected chi connectivity index (χ0v) is 15.7. The molecule has 2 aromatic rings. The van der Waals surface area contributed by atoms with Crippen LogP contribution in [-0.2, 0) is 6.42 Å².